The predicted octanol–water partition coefficient (Wildman–Crippen LogP) is 2.92. The summed E-state index contributed by atoms with van der Waals surface area (Å²) in [5.74, 6) is 0.673. The van der Waals surface area contributed by atoms with Gasteiger partial charge in [0.1, 0.15) is 0 Å². The van der Waals surface area contributed by atoms with E-state index >= 15 is 0 Å². The van der Waals surface area contributed by atoms with Crippen molar-refractivity contribution in [2.75, 3.05) is 7.05 Å². The lowest BCUT2D eigenvalue weighted by atomic mass is 9.97. The minimum Gasteiger partial charge on any atom is -0.387 e. The summed E-state index contributed by atoms with van der Waals surface area (Å²) in [4.78, 5) is 0. The van der Waals surface area contributed by atoms with Crippen LogP contribution >= 0.6 is 0 Å². The maximum atomic E-state index is 10.2. The molecule has 0 aromatic heterocycles. The lowest BCUT2D eigenvalue weighted by molar-refractivity contribution is 0.130. The van der Waals surface area contributed by atoms with Crippen molar-refractivity contribution in [1.82, 2.24) is 5.32 Å². The molecule has 1 rings (SSSR count). The van der Waals surface area contributed by atoms with Crippen LogP contribution in [0, 0.1) is 5.92 Å². The first kappa shape index (κ1) is 14.2. The van der Waals surface area contributed by atoms with Crippen LogP contribution in [0.1, 0.15) is 44.4 Å². The van der Waals surface area contributed by atoms with Crippen LogP contribution in [0.25, 0.3) is 0 Å². The van der Waals surface area contributed by atoms with Crippen molar-refractivity contribution in [2.45, 2.75) is 45.8 Å². The monoisotopic (exact) mass is 235 g/mol. The first-order chi connectivity index (χ1) is 8.08. The smallest absolute Gasteiger partial charge is 0.0942 e. The Bertz CT molecular complexity index is 314. The molecule has 1 aromatic carbocycles. The van der Waals surface area contributed by atoms with Crippen LogP contribution in [0.3, 0.4) is 0 Å². The highest BCUT2D eigenvalue weighted by Gasteiger charge is 2.16. The van der Waals surface area contributed by atoms with Gasteiger partial charge in [-0.05, 0) is 36.9 Å². The first-order valence-electron chi connectivity index (χ1n) is 6.52. The topological polar surface area (TPSA) is 32.3 Å². The Kier molecular flexibility index (Phi) is 5.66. The van der Waals surface area contributed by atoms with Crippen molar-refractivity contribution in [3.63, 3.8) is 0 Å². The molecule has 0 radical (unpaired) electrons. The lowest BCUT2D eigenvalue weighted by Gasteiger charge is -2.21. The summed E-state index contributed by atoms with van der Waals surface area (Å²) in [7, 11) is 1.89. The molecule has 0 amide bonds. The third-order valence-corrected chi connectivity index (χ3v) is 3.16. The molecule has 0 heterocycles. The number of rotatable bonds is 6. The lowest BCUT2D eigenvalue weighted by Crippen LogP contribution is -2.31. The fraction of sp³-hybridized carbons (Fsp3) is 0.600. The van der Waals surface area contributed by atoms with Crippen molar-refractivity contribution < 1.29 is 5.11 Å². The molecule has 0 fully saturated rings. The van der Waals surface area contributed by atoms with Gasteiger partial charge in [0.25, 0.3) is 0 Å². The van der Waals surface area contributed by atoms with Gasteiger partial charge in [-0.15, -0.1) is 0 Å². The predicted molar refractivity (Wildman–Crippen MR) is 73.1 cm³/mol. The standard InChI is InChI=1S/C15H25NO/c1-5-14(16-4)15(17)13-8-6-12(7-9-13)10-11(2)3/h6-9,11,14-17H,5,10H2,1-4H3. The number of aliphatic hydroxyl groups excluding tert-OH is 1. The van der Waals surface area contributed by atoms with E-state index in [9.17, 15) is 5.11 Å². The van der Waals surface area contributed by atoms with Gasteiger partial charge in [-0.25, -0.2) is 0 Å². The van der Waals surface area contributed by atoms with E-state index in [0.29, 0.717) is 5.92 Å². The average molecular weight is 235 g/mol. The van der Waals surface area contributed by atoms with Gasteiger partial charge in [0.15, 0.2) is 0 Å². The van der Waals surface area contributed by atoms with Gasteiger partial charge in [0.2, 0.25) is 0 Å². The summed E-state index contributed by atoms with van der Waals surface area (Å²) in [6.07, 6.45) is 1.60. The van der Waals surface area contributed by atoms with Gasteiger partial charge in [-0.3, -0.25) is 0 Å². The summed E-state index contributed by atoms with van der Waals surface area (Å²) < 4.78 is 0. The quantitative estimate of drug-likeness (QED) is 0.794. The van der Waals surface area contributed by atoms with Crippen LogP contribution in [0.2, 0.25) is 0 Å². The zero-order valence-electron chi connectivity index (χ0n) is 11.4. The second-order valence-corrected chi connectivity index (χ2v) is 5.09. The van der Waals surface area contributed by atoms with E-state index in [1.165, 1.54) is 5.56 Å². The van der Waals surface area contributed by atoms with Crippen molar-refractivity contribution in [3.8, 4) is 0 Å². The maximum absolute atomic E-state index is 10.2. The molecule has 96 valence electrons. The fourth-order valence-corrected chi connectivity index (χ4v) is 2.14. The molecule has 2 atom stereocenters. The molecule has 1 aromatic rings. The molecule has 0 saturated carbocycles. The Morgan fingerprint density at radius 3 is 2.18 bits per heavy atom. The molecule has 0 aliphatic heterocycles. The highest BCUT2D eigenvalue weighted by atomic mass is 16.3. The number of benzene rings is 1. The molecule has 0 saturated heterocycles. The molecule has 2 unspecified atom stereocenters. The molecule has 2 N–H and O–H groups in total. The van der Waals surface area contributed by atoms with Crippen molar-refractivity contribution in [3.05, 3.63) is 35.4 Å². The Balaban J connectivity index is 2.72. The third-order valence-electron chi connectivity index (χ3n) is 3.16. The van der Waals surface area contributed by atoms with Gasteiger partial charge in [0, 0.05) is 6.04 Å². The molecule has 0 bridgehead atoms. The Morgan fingerprint density at radius 1 is 1.18 bits per heavy atom. The molecule has 0 aliphatic carbocycles. The normalized spacial score (nSPS) is 14.9. The number of hydrogen-bond donors (Lipinski definition) is 2. The largest absolute Gasteiger partial charge is 0.387 e. The van der Waals surface area contributed by atoms with E-state index in [-0.39, 0.29) is 6.04 Å². The van der Waals surface area contributed by atoms with Gasteiger partial charge < -0.3 is 10.4 Å². The summed E-state index contributed by atoms with van der Waals surface area (Å²) in [6.45, 7) is 6.52. The SMILES string of the molecule is CCC(NC)C(O)c1ccc(CC(C)C)cc1. The van der Waals surface area contributed by atoms with Crippen LogP contribution in [0.15, 0.2) is 24.3 Å². The maximum Gasteiger partial charge on any atom is 0.0942 e. The minimum absolute atomic E-state index is 0.131. The molecular formula is C15H25NO. The third kappa shape index (κ3) is 4.14. The van der Waals surface area contributed by atoms with E-state index in [4.69, 9.17) is 0 Å². The van der Waals surface area contributed by atoms with Crippen LogP contribution < -0.4 is 5.32 Å². The Hall–Kier alpha value is -0.860. The molecule has 17 heavy (non-hydrogen) atoms. The van der Waals surface area contributed by atoms with Crippen LogP contribution in [0.5, 0.6) is 0 Å². The average Bonchev–Trinajstić information content (AvgIpc) is 2.30. The summed E-state index contributed by atoms with van der Waals surface area (Å²) in [5.41, 5.74) is 2.34. The van der Waals surface area contributed by atoms with Crippen LogP contribution in [-0.2, 0) is 6.42 Å². The Morgan fingerprint density at radius 2 is 1.76 bits per heavy atom. The van der Waals surface area contributed by atoms with Crippen LogP contribution in [0.4, 0.5) is 0 Å². The first-order valence-corrected chi connectivity index (χ1v) is 6.52. The van der Waals surface area contributed by atoms with E-state index in [1.54, 1.807) is 0 Å². The number of likely N-dealkylation sites (N-methyl/N-ethyl adjacent to an activating group) is 1. The molecule has 2 heteroatoms. The molecule has 2 nitrogen and oxygen atoms in total. The van der Waals surface area contributed by atoms with Gasteiger partial charge >= 0.3 is 0 Å². The van der Waals surface area contributed by atoms with E-state index in [1.807, 2.05) is 19.2 Å². The van der Waals surface area contributed by atoms with Gasteiger partial charge in [-0.2, -0.15) is 0 Å². The van der Waals surface area contributed by atoms with Gasteiger partial charge in [-0.1, -0.05) is 45.0 Å². The minimum atomic E-state index is -0.418. The second kappa shape index (κ2) is 6.77. The molecule has 0 spiro atoms. The zero-order chi connectivity index (χ0) is 12.8. The molecule has 0 aliphatic rings. The van der Waals surface area contributed by atoms with Crippen LogP contribution in [-0.4, -0.2) is 18.2 Å². The highest BCUT2D eigenvalue weighted by molar-refractivity contribution is 5.25. The number of aliphatic hydroxyl groups is 1. The summed E-state index contributed by atoms with van der Waals surface area (Å²) >= 11 is 0. The van der Waals surface area contributed by atoms with Crippen molar-refractivity contribution in [1.29, 1.82) is 0 Å². The van der Waals surface area contributed by atoms with E-state index in [0.717, 1.165) is 18.4 Å². The van der Waals surface area contributed by atoms with Gasteiger partial charge in [0.05, 0.1) is 6.10 Å². The zero-order valence-corrected chi connectivity index (χ0v) is 11.4. The molecular weight excluding hydrogens is 210 g/mol. The second-order valence-electron chi connectivity index (χ2n) is 5.09. The fourth-order valence-electron chi connectivity index (χ4n) is 2.14. The number of hydrogen-bond acceptors (Lipinski definition) is 2. The van der Waals surface area contributed by atoms with E-state index < -0.39 is 6.10 Å². The number of nitrogens with one attached hydrogen (secondary N) is 1. The highest BCUT2D eigenvalue weighted by Crippen LogP contribution is 2.20. The van der Waals surface area contributed by atoms with Crippen molar-refractivity contribution in [2.24, 2.45) is 5.92 Å². The van der Waals surface area contributed by atoms with E-state index in [2.05, 4.69) is 38.2 Å². The van der Waals surface area contributed by atoms with Crippen molar-refractivity contribution >= 4 is 0 Å². The Labute approximate surface area is 105 Å². The summed E-state index contributed by atoms with van der Waals surface area (Å²) in [5, 5.41) is 13.3. The summed E-state index contributed by atoms with van der Waals surface area (Å²) in [6, 6.07) is 8.47.